The van der Waals surface area contributed by atoms with Crippen LogP contribution in [-0.4, -0.2) is 53.3 Å². The lowest BCUT2D eigenvalue weighted by atomic mass is 10.1. The molecule has 0 spiro atoms. The lowest BCUT2D eigenvalue weighted by molar-refractivity contribution is 0.315. The number of nitrogens with one attached hydrogen (secondary N) is 1. The van der Waals surface area contributed by atoms with Crippen LogP contribution in [0.25, 0.3) is 21.8 Å². The van der Waals surface area contributed by atoms with Gasteiger partial charge in [0, 0.05) is 30.8 Å². The average Bonchev–Trinajstić information content (AvgIpc) is 3.30. The van der Waals surface area contributed by atoms with Gasteiger partial charge in [-0.1, -0.05) is 23.5 Å². The first-order valence-electron chi connectivity index (χ1n) is 8.76. The average molecular weight is 385 g/mol. The Morgan fingerprint density at radius 1 is 1.26 bits per heavy atom. The van der Waals surface area contributed by atoms with Crippen LogP contribution in [0.3, 0.4) is 0 Å². The summed E-state index contributed by atoms with van der Waals surface area (Å²) in [7, 11) is 4.16. The summed E-state index contributed by atoms with van der Waals surface area (Å²) in [6.07, 6.45) is 1.06. The maximum atomic E-state index is 14.5. The minimum absolute atomic E-state index is 0.274. The Hall–Kier alpha value is -2.58. The van der Waals surface area contributed by atoms with E-state index in [4.69, 9.17) is 4.98 Å². The summed E-state index contributed by atoms with van der Waals surface area (Å²) in [5, 5.41) is 7.43. The van der Waals surface area contributed by atoms with Crippen molar-refractivity contribution >= 4 is 16.5 Å². The summed E-state index contributed by atoms with van der Waals surface area (Å²) in [4.78, 5) is 21.3. The zero-order valence-electron chi connectivity index (χ0n) is 15.1. The van der Waals surface area contributed by atoms with E-state index >= 15 is 0 Å². The van der Waals surface area contributed by atoms with Crippen LogP contribution in [0.4, 0.5) is 9.52 Å². The molecule has 0 aliphatic carbocycles. The lowest BCUT2D eigenvalue weighted by Gasteiger charge is -2.19. The van der Waals surface area contributed by atoms with Crippen LogP contribution in [0.15, 0.2) is 41.2 Å². The number of halogens is 1. The molecule has 0 bridgehead atoms. The highest BCUT2D eigenvalue weighted by molar-refractivity contribution is 7.19. The first-order chi connectivity index (χ1) is 13.0. The highest BCUT2D eigenvalue weighted by Gasteiger charge is 2.28. The Bertz CT molecular complexity index is 995. The molecule has 4 rings (SSSR count). The maximum absolute atomic E-state index is 14.5. The van der Waals surface area contributed by atoms with Crippen molar-refractivity contribution in [2.45, 2.75) is 12.5 Å². The molecule has 6 nitrogen and oxygen atoms in total. The van der Waals surface area contributed by atoms with E-state index in [2.05, 4.69) is 34.1 Å². The van der Waals surface area contributed by atoms with E-state index < -0.39 is 0 Å². The van der Waals surface area contributed by atoms with Gasteiger partial charge in [-0.2, -0.15) is 5.10 Å². The summed E-state index contributed by atoms with van der Waals surface area (Å²) < 4.78 is 14.5. The first-order valence-corrected chi connectivity index (χ1v) is 9.58. The monoisotopic (exact) mass is 385 g/mol. The number of thiazole rings is 1. The second-order valence-electron chi connectivity index (χ2n) is 6.81. The van der Waals surface area contributed by atoms with Gasteiger partial charge in [0.25, 0.3) is 5.56 Å². The van der Waals surface area contributed by atoms with Crippen molar-refractivity contribution in [3.8, 4) is 21.8 Å². The minimum Gasteiger partial charge on any atom is -0.346 e. The summed E-state index contributed by atoms with van der Waals surface area (Å²) in [5.41, 5.74) is 1.30. The van der Waals surface area contributed by atoms with Gasteiger partial charge < -0.3 is 9.80 Å². The SMILES string of the molecule is CN(C)C1CCN(c2nc(-c3ccccc3F)c(-c3ccc(=O)[nH]n3)s2)C1. The van der Waals surface area contributed by atoms with Crippen LogP contribution in [0.5, 0.6) is 0 Å². The number of H-pyrrole nitrogens is 1. The molecule has 1 saturated heterocycles. The van der Waals surface area contributed by atoms with E-state index in [1.54, 1.807) is 24.3 Å². The molecule has 27 heavy (non-hydrogen) atoms. The van der Waals surface area contributed by atoms with Crippen LogP contribution in [0, 0.1) is 5.82 Å². The molecule has 8 heteroatoms. The first kappa shape index (κ1) is 17.8. The largest absolute Gasteiger partial charge is 0.346 e. The number of hydrogen-bond acceptors (Lipinski definition) is 6. The second kappa shape index (κ2) is 7.21. The van der Waals surface area contributed by atoms with Gasteiger partial charge >= 0.3 is 0 Å². The standard InChI is InChI=1S/C19H20FN5OS/c1-24(2)12-9-10-25(11-12)19-21-17(13-5-3-4-6-14(13)20)18(27-19)15-7-8-16(26)23-22-15/h3-8,12H,9-11H2,1-2H3,(H,23,26). The van der Waals surface area contributed by atoms with Crippen LogP contribution in [0.2, 0.25) is 0 Å². The van der Waals surface area contributed by atoms with Gasteiger partial charge in [-0.25, -0.2) is 14.5 Å². The fourth-order valence-corrected chi connectivity index (χ4v) is 4.35. The fraction of sp³-hybridized carbons (Fsp3) is 0.316. The maximum Gasteiger partial charge on any atom is 0.264 e. The van der Waals surface area contributed by atoms with Crippen molar-refractivity contribution in [1.82, 2.24) is 20.1 Å². The number of aromatic amines is 1. The van der Waals surface area contributed by atoms with E-state index in [9.17, 15) is 9.18 Å². The lowest BCUT2D eigenvalue weighted by Crippen LogP contribution is -2.31. The number of aromatic nitrogens is 3. The molecule has 140 valence electrons. The molecule has 1 N–H and O–H groups in total. The van der Waals surface area contributed by atoms with Crippen molar-refractivity contribution in [2.24, 2.45) is 0 Å². The third-order valence-corrected chi connectivity index (χ3v) is 5.96. The van der Waals surface area contributed by atoms with E-state index in [1.165, 1.54) is 23.5 Å². The Kier molecular flexibility index (Phi) is 4.75. The third kappa shape index (κ3) is 3.50. The van der Waals surface area contributed by atoms with Gasteiger partial charge in [-0.15, -0.1) is 0 Å². The zero-order chi connectivity index (χ0) is 19.0. The van der Waals surface area contributed by atoms with Gasteiger partial charge in [0.05, 0.1) is 10.6 Å². The topological polar surface area (TPSA) is 65.1 Å². The molecule has 0 radical (unpaired) electrons. The number of anilines is 1. The molecule has 1 aromatic carbocycles. The van der Waals surface area contributed by atoms with Crippen molar-refractivity contribution in [3.05, 3.63) is 52.6 Å². The van der Waals surface area contributed by atoms with E-state index in [-0.39, 0.29) is 11.4 Å². The van der Waals surface area contributed by atoms with Crippen molar-refractivity contribution in [1.29, 1.82) is 0 Å². The number of nitrogens with zero attached hydrogens (tertiary/aromatic N) is 4. The van der Waals surface area contributed by atoms with Crippen LogP contribution in [-0.2, 0) is 0 Å². The van der Waals surface area contributed by atoms with E-state index in [0.717, 1.165) is 29.5 Å². The Morgan fingerprint density at radius 3 is 2.74 bits per heavy atom. The normalized spacial score (nSPS) is 17.0. The van der Waals surface area contributed by atoms with Crippen molar-refractivity contribution in [2.75, 3.05) is 32.1 Å². The van der Waals surface area contributed by atoms with Gasteiger partial charge in [-0.3, -0.25) is 4.79 Å². The van der Waals surface area contributed by atoms with Crippen molar-refractivity contribution in [3.63, 3.8) is 0 Å². The van der Waals surface area contributed by atoms with Crippen molar-refractivity contribution < 1.29 is 4.39 Å². The third-order valence-electron chi connectivity index (χ3n) is 4.82. The number of hydrogen-bond donors (Lipinski definition) is 1. The Morgan fingerprint density at radius 2 is 2.07 bits per heavy atom. The minimum atomic E-state index is -0.326. The van der Waals surface area contributed by atoms with E-state index in [0.29, 0.717) is 23.0 Å². The summed E-state index contributed by atoms with van der Waals surface area (Å²) in [5.74, 6) is -0.326. The fourth-order valence-electron chi connectivity index (χ4n) is 3.26. The molecular weight excluding hydrogens is 365 g/mol. The molecule has 0 saturated carbocycles. The number of rotatable bonds is 4. The predicted octanol–water partition coefficient (Wildman–Crippen LogP) is 2.84. The summed E-state index contributed by atoms with van der Waals surface area (Å²) >= 11 is 1.48. The van der Waals surface area contributed by atoms with Crippen LogP contribution >= 0.6 is 11.3 Å². The molecule has 2 aromatic heterocycles. The predicted molar refractivity (Wildman–Crippen MR) is 106 cm³/mol. The summed E-state index contributed by atoms with van der Waals surface area (Å²) in [6, 6.07) is 10.1. The van der Waals surface area contributed by atoms with Crippen LogP contribution in [0.1, 0.15) is 6.42 Å². The molecule has 0 amide bonds. The number of benzene rings is 1. The van der Waals surface area contributed by atoms with Gasteiger partial charge in [-0.05, 0) is 38.7 Å². The van der Waals surface area contributed by atoms with Gasteiger partial charge in [0.15, 0.2) is 5.13 Å². The number of likely N-dealkylation sites (N-methyl/N-ethyl adjacent to an activating group) is 1. The molecule has 3 aromatic rings. The zero-order valence-corrected chi connectivity index (χ0v) is 16.0. The molecule has 3 heterocycles. The highest BCUT2D eigenvalue weighted by Crippen LogP contribution is 2.41. The van der Waals surface area contributed by atoms with Gasteiger partial charge in [0.1, 0.15) is 11.5 Å². The molecule has 1 aliphatic heterocycles. The highest BCUT2D eigenvalue weighted by atomic mass is 32.1. The molecule has 1 aliphatic rings. The quantitative estimate of drug-likeness (QED) is 0.748. The molecule has 1 fully saturated rings. The molecular formula is C19H20FN5OS. The second-order valence-corrected chi connectivity index (χ2v) is 7.79. The molecule has 1 atom stereocenters. The molecule has 1 unspecified atom stereocenters. The van der Waals surface area contributed by atoms with E-state index in [1.807, 2.05) is 0 Å². The van der Waals surface area contributed by atoms with Gasteiger partial charge in [0.2, 0.25) is 0 Å². The summed E-state index contributed by atoms with van der Waals surface area (Å²) in [6.45, 7) is 1.79. The Labute approximate surface area is 160 Å². The van der Waals surface area contributed by atoms with Crippen LogP contribution < -0.4 is 10.5 Å². The Balaban J connectivity index is 1.79. The smallest absolute Gasteiger partial charge is 0.264 e.